The van der Waals surface area contributed by atoms with E-state index in [1.165, 1.54) is 15.9 Å². The first-order chi connectivity index (χ1) is 9.52. The summed E-state index contributed by atoms with van der Waals surface area (Å²) in [5, 5.41) is 0.553. The quantitative estimate of drug-likeness (QED) is 0.905. The van der Waals surface area contributed by atoms with Crippen LogP contribution in [0.4, 0.5) is 0 Å². The standard InChI is InChI=1S/C13H15N3O3S/c1-4-16-12(17)8-7(3)9(10-14-6(2)5-19-10)20-11(8)15-13(16)18/h6H,4-5H2,1-3H3,(H,15,18)/t6-/m0/s1. The predicted octanol–water partition coefficient (Wildman–Crippen LogP) is 1.24. The van der Waals surface area contributed by atoms with Crippen molar-refractivity contribution in [3.63, 3.8) is 0 Å². The SMILES string of the molecule is CCn1c(=O)[nH]c2sc(C3=N[C@@H](C)CO3)c(C)c2c1=O. The molecule has 0 saturated heterocycles. The second-order valence-electron chi connectivity index (χ2n) is 4.83. The number of nitrogens with one attached hydrogen (secondary N) is 1. The van der Waals surface area contributed by atoms with Crippen LogP contribution in [0.2, 0.25) is 0 Å². The van der Waals surface area contributed by atoms with Crippen LogP contribution < -0.4 is 11.2 Å². The lowest BCUT2D eigenvalue weighted by atomic mass is 10.2. The lowest BCUT2D eigenvalue weighted by Gasteiger charge is -2.00. The summed E-state index contributed by atoms with van der Waals surface area (Å²) in [5.41, 5.74) is 0.194. The summed E-state index contributed by atoms with van der Waals surface area (Å²) in [5.74, 6) is 0.569. The zero-order valence-corrected chi connectivity index (χ0v) is 12.3. The number of hydrogen-bond acceptors (Lipinski definition) is 5. The smallest absolute Gasteiger partial charge is 0.329 e. The highest BCUT2D eigenvalue weighted by Gasteiger charge is 2.23. The molecule has 1 atom stereocenters. The van der Waals surface area contributed by atoms with E-state index >= 15 is 0 Å². The van der Waals surface area contributed by atoms with Crippen LogP contribution in [0.1, 0.15) is 24.3 Å². The van der Waals surface area contributed by atoms with E-state index in [1.807, 2.05) is 13.8 Å². The lowest BCUT2D eigenvalue weighted by molar-refractivity contribution is 0.324. The van der Waals surface area contributed by atoms with Crippen molar-refractivity contribution in [1.29, 1.82) is 0 Å². The summed E-state index contributed by atoms with van der Waals surface area (Å²) < 4.78 is 6.75. The second-order valence-corrected chi connectivity index (χ2v) is 5.85. The fraction of sp³-hybridized carbons (Fsp3) is 0.462. The molecule has 0 amide bonds. The minimum absolute atomic E-state index is 0.126. The van der Waals surface area contributed by atoms with Crippen molar-refractivity contribution in [3.8, 4) is 0 Å². The van der Waals surface area contributed by atoms with Gasteiger partial charge < -0.3 is 4.74 Å². The summed E-state index contributed by atoms with van der Waals surface area (Å²) in [6.07, 6.45) is 0. The van der Waals surface area contributed by atoms with E-state index < -0.39 is 0 Å². The summed E-state index contributed by atoms with van der Waals surface area (Å²) in [6, 6.07) is 0.126. The van der Waals surface area contributed by atoms with Crippen molar-refractivity contribution in [2.45, 2.75) is 33.4 Å². The molecule has 2 aromatic rings. The summed E-state index contributed by atoms with van der Waals surface area (Å²) >= 11 is 1.35. The van der Waals surface area contributed by atoms with Crippen molar-refractivity contribution < 1.29 is 4.74 Å². The van der Waals surface area contributed by atoms with Crippen LogP contribution in [0, 0.1) is 6.92 Å². The number of nitrogens with zero attached hydrogens (tertiary/aromatic N) is 2. The average molecular weight is 293 g/mol. The van der Waals surface area contributed by atoms with Gasteiger partial charge in [-0.25, -0.2) is 9.79 Å². The minimum Gasteiger partial charge on any atom is -0.475 e. The third-order valence-electron chi connectivity index (χ3n) is 3.38. The Balaban J connectivity index is 2.31. The number of thiophene rings is 1. The van der Waals surface area contributed by atoms with E-state index in [2.05, 4.69) is 9.98 Å². The molecular weight excluding hydrogens is 278 g/mol. The summed E-state index contributed by atoms with van der Waals surface area (Å²) in [4.78, 5) is 32.8. The molecule has 3 rings (SSSR count). The van der Waals surface area contributed by atoms with E-state index in [0.29, 0.717) is 29.3 Å². The van der Waals surface area contributed by atoms with Gasteiger partial charge in [-0.15, -0.1) is 11.3 Å². The number of aryl methyl sites for hydroxylation is 1. The van der Waals surface area contributed by atoms with Gasteiger partial charge in [0.1, 0.15) is 11.4 Å². The Morgan fingerprint density at radius 2 is 2.25 bits per heavy atom. The van der Waals surface area contributed by atoms with Gasteiger partial charge in [-0.1, -0.05) is 0 Å². The van der Waals surface area contributed by atoms with E-state index in [0.717, 1.165) is 10.4 Å². The Bertz CT molecular complexity index is 828. The van der Waals surface area contributed by atoms with Crippen molar-refractivity contribution in [1.82, 2.24) is 9.55 Å². The Morgan fingerprint density at radius 1 is 1.50 bits per heavy atom. The molecule has 1 aliphatic heterocycles. The van der Waals surface area contributed by atoms with Gasteiger partial charge in [0.2, 0.25) is 5.90 Å². The van der Waals surface area contributed by atoms with Gasteiger partial charge in [-0.2, -0.15) is 0 Å². The van der Waals surface area contributed by atoms with Gasteiger partial charge in [-0.3, -0.25) is 14.3 Å². The van der Waals surface area contributed by atoms with Gasteiger partial charge in [0, 0.05) is 6.54 Å². The molecule has 1 aliphatic rings. The molecule has 0 bridgehead atoms. The highest BCUT2D eigenvalue weighted by molar-refractivity contribution is 7.20. The third kappa shape index (κ3) is 1.81. The Morgan fingerprint density at radius 3 is 2.85 bits per heavy atom. The molecule has 6 nitrogen and oxygen atoms in total. The highest BCUT2D eigenvalue weighted by atomic mass is 32.1. The maximum Gasteiger partial charge on any atom is 0.329 e. The molecule has 106 valence electrons. The molecule has 0 fully saturated rings. The molecule has 0 saturated carbocycles. The van der Waals surface area contributed by atoms with Crippen molar-refractivity contribution in [2.75, 3.05) is 6.61 Å². The fourth-order valence-corrected chi connectivity index (χ4v) is 3.48. The van der Waals surface area contributed by atoms with Crippen molar-refractivity contribution in [2.24, 2.45) is 4.99 Å². The van der Waals surface area contributed by atoms with E-state index in [9.17, 15) is 9.59 Å². The van der Waals surface area contributed by atoms with Gasteiger partial charge in [0.05, 0.1) is 16.3 Å². The van der Waals surface area contributed by atoms with Gasteiger partial charge >= 0.3 is 5.69 Å². The highest BCUT2D eigenvalue weighted by Crippen LogP contribution is 2.28. The Hall–Kier alpha value is -1.89. The maximum atomic E-state index is 12.4. The number of fused-ring (bicyclic) bond motifs is 1. The second kappa shape index (κ2) is 4.59. The number of H-pyrrole nitrogens is 1. The van der Waals surface area contributed by atoms with E-state index in [4.69, 9.17) is 4.74 Å². The monoisotopic (exact) mass is 293 g/mol. The lowest BCUT2D eigenvalue weighted by Crippen LogP contribution is -2.34. The van der Waals surface area contributed by atoms with Crippen LogP contribution >= 0.6 is 11.3 Å². The van der Waals surface area contributed by atoms with Crippen LogP contribution in [-0.4, -0.2) is 28.1 Å². The number of rotatable bonds is 2. The molecule has 1 N–H and O–H groups in total. The minimum atomic E-state index is -0.375. The average Bonchev–Trinajstić information content (AvgIpc) is 2.94. The molecule has 20 heavy (non-hydrogen) atoms. The van der Waals surface area contributed by atoms with Gasteiger partial charge in [0.15, 0.2) is 0 Å². The van der Waals surface area contributed by atoms with E-state index in [1.54, 1.807) is 6.92 Å². The van der Waals surface area contributed by atoms with Gasteiger partial charge in [0.25, 0.3) is 5.56 Å². The van der Waals surface area contributed by atoms with Crippen LogP contribution in [0.15, 0.2) is 14.6 Å². The first kappa shape index (κ1) is 13.1. The molecule has 0 unspecified atom stereocenters. The first-order valence-corrected chi connectivity index (χ1v) is 7.31. The first-order valence-electron chi connectivity index (χ1n) is 6.50. The largest absolute Gasteiger partial charge is 0.475 e. The Labute approximate surface area is 118 Å². The zero-order chi connectivity index (χ0) is 14.4. The Kier molecular flexibility index (Phi) is 3.01. The van der Waals surface area contributed by atoms with Crippen molar-refractivity contribution in [3.05, 3.63) is 31.3 Å². The van der Waals surface area contributed by atoms with Crippen LogP contribution in [0.25, 0.3) is 10.2 Å². The van der Waals surface area contributed by atoms with Gasteiger partial charge in [-0.05, 0) is 26.3 Å². The molecule has 0 spiro atoms. The molecule has 2 aromatic heterocycles. The predicted molar refractivity (Wildman–Crippen MR) is 79.1 cm³/mol. The molecule has 0 radical (unpaired) electrons. The molecular formula is C13H15N3O3S. The van der Waals surface area contributed by atoms with Crippen LogP contribution in [0.3, 0.4) is 0 Å². The van der Waals surface area contributed by atoms with E-state index in [-0.39, 0.29) is 17.3 Å². The number of aromatic nitrogens is 2. The third-order valence-corrected chi connectivity index (χ3v) is 4.58. The molecule has 0 aliphatic carbocycles. The number of aromatic amines is 1. The number of aliphatic imine (C=N–C) groups is 1. The number of ether oxygens (including phenoxy) is 1. The topological polar surface area (TPSA) is 76.4 Å². The summed E-state index contributed by atoms with van der Waals surface area (Å²) in [7, 11) is 0. The summed E-state index contributed by atoms with van der Waals surface area (Å²) in [6.45, 7) is 6.52. The fourth-order valence-electron chi connectivity index (χ4n) is 2.34. The zero-order valence-electron chi connectivity index (χ0n) is 11.5. The van der Waals surface area contributed by atoms with Crippen LogP contribution in [0.5, 0.6) is 0 Å². The maximum absolute atomic E-state index is 12.4. The molecule has 7 heteroatoms. The normalized spacial score (nSPS) is 18.4. The van der Waals surface area contributed by atoms with Crippen LogP contribution in [-0.2, 0) is 11.3 Å². The number of hydrogen-bond donors (Lipinski definition) is 1. The molecule has 3 heterocycles. The van der Waals surface area contributed by atoms with Crippen molar-refractivity contribution >= 4 is 27.5 Å². The molecule has 0 aromatic carbocycles.